The predicted octanol–water partition coefficient (Wildman–Crippen LogP) is 3.15. The summed E-state index contributed by atoms with van der Waals surface area (Å²) in [5.74, 6) is 0.792. The first-order chi connectivity index (χ1) is 13.6. The van der Waals surface area contributed by atoms with E-state index in [1.807, 2.05) is 30.5 Å². The number of ether oxygens (including phenoxy) is 1. The molecule has 3 aromatic rings. The fourth-order valence-corrected chi connectivity index (χ4v) is 3.82. The number of para-hydroxylation sites is 1. The predicted molar refractivity (Wildman–Crippen MR) is 111 cm³/mol. The van der Waals surface area contributed by atoms with Gasteiger partial charge in [-0.2, -0.15) is 0 Å². The van der Waals surface area contributed by atoms with Crippen LogP contribution in [0.1, 0.15) is 29.8 Å². The summed E-state index contributed by atoms with van der Waals surface area (Å²) in [5.41, 5.74) is 2.91. The van der Waals surface area contributed by atoms with Crippen LogP contribution in [0.5, 0.6) is 0 Å². The molecule has 2 aromatic heterocycles. The Morgan fingerprint density at radius 2 is 2.00 bits per heavy atom. The van der Waals surface area contributed by atoms with Gasteiger partial charge in [-0.25, -0.2) is 4.98 Å². The number of anilines is 1. The lowest BCUT2D eigenvalue weighted by Gasteiger charge is -2.36. The molecule has 1 amide bonds. The van der Waals surface area contributed by atoms with Crippen LogP contribution in [0, 0.1) is 0 Å². The average Bonchev–Trinajstić information content (AvgIpc) is 3.10. The summed E-state index contributed by atoms with van der Waals surface area (Å²) in [7, 11) is 0. The number of hydrogen-bond acceptors (Lipinski definition) is 4. The molecule has 6 nitrogen and oxygen atoms in total. The number of rotatable bonds is 5. The number of aromatic nitrogens is 2. The maximum atomic E-state index is 12.4. The van der Waals surface area contributed by atoms with Gasteiger partial charge in [0.2, 0.25) is 0 Å². The van der Waals surface area contributed by atoms with Crippen molar-refractivity contribution in [2.24, 2.45) is 0 Å². The smallest absolute Gasteiger partial charge is 0.252 e. The van der Waals surface area contributed by atoms with Crippen LogP contribution in [-0.2, 0) is 11.2 Å². The van der Waals surface area contributed by atoms with Crippen molar-refractivity contribution in [2.45, 2.75) is 32.5 Å². The number of aromatic amines is 1. The second-order valence-electron chi connectivity index (χ2n) is 7.43. The summed E-state index contributed by atoms with van der Waals surface area (Å²) >= 11 is 0. The van der Waals surface area contributed by atoms with E-state index in [2.05, 4.69) is 46.2 Å². The van der Waals surface area contributed by atoms with Gasteiger partial charge >= 0.3 is 0 Å². The summed E-state index contributed by atoms with van der Waals surface area (Å²) in [4.78, 5) is 22.4. The Balaban J connectivity index is 1.33. The average molecular weight is 378 g/mol. The van der Waals surface area contributed by atoms with Crippen molar-refractivity contribution < 1.29 is 9.53 Å². The third-order valence-electron chi connectivity index (χ3n) is 5.11. The van der Waals surface area contributed by atoms with Gasteiger partial charge in [0, 0.05) is 42.9 Å². The molecule has 146 valence electrons. The van der Waals surface area contributed by atoms with Crippen LogP contribution in [0.4, 0.5) is 5.82 Å². The van der Waals surface area contributed by atoms with E-state index in [0.717, 1.165) is 30.8 Å². The molecular formula is C22H26N4O2. The first-order valence-electron chi connectivity index (χ1n) is 9.80. The largest absolute Gasteiger partial charge is 0.372 e. The summed E-state index contributed by atoms with van der Waals surface area (Å²) in [6, 6.07) is 12.0. The van der Waals surface area contributed by atoms with Gasteiger partial charge in [-0.15, -0.1) is 0 Å². The molecule has 1 saturated heterocycles. The van der Waals surface area contributed by atoms with Gasteiger partial charge in [0.05, 0.1) is 17.8 Å². The lowest BCUT2D eigenvalue weighted by Crippen LogP contribution is -2.45. The highest BCUT2D eigenvalue weighted by Gasteiger charge is 2.23. The minimum atomic E-state index is -0.0948. The monoisotopic (exact) mass is 378 g/mol. The zero-order valence-electron chi connectivity index (χ0n) is 16.3. The minimum absolute atomic E-state index is 0.0948. The van der Waals surface area contributed by atoms with Crippen molar-refractivity contribution in [3.8, 4) is 0 Å². The minimum Gasteiger partial charge on any atom is -0.372 e. The van der Waals surface area contributed by atoms with Crippen LogP contribution < -0.4 is 10.2 Å². The highest BCUT2D eigenvalue weighted by Crippen LogP contribution is 2.19. The van der Waals surface area contributed by atoms with Gasteiger partial charge in [0.1, 0.15) is 5.82 Å². The summed E-state index contributed by atoms with van der Waals surface area (Å²) in [6.45, 7) is 6.35. The van der Waals surface area contributed by atoms with Crippen LogP contribution in [0.15, 0.2) is 48.8 Å². The van der Waals surface area contributed by atoms with Crippen molar-refractivity contribution in [1.82, 2.24) is 15.3 Å². The maximum Gasteiger partial charge on any atom is 0.252 e. The molecule has 2 N–H and O–H groups in total. The van der Waals surface area contributed by atoms with Gasteiger partial charge in [-0.1, -0.05) is 18.2 Å². The number of nitrogens with zero attached hydrogens (tertiary/aromatic N) is 2. The van der Waals surface area contributed by atoms with Crippen LogP contribution >= 0.6 is 0 Å². The molecular weight excluding hydrogens is 352 g/mol. The number of amides is 1. The summed E-state index contributed by atoms with van der Waals surface area (Å²) in [6.07, 6.45) is 4.81. The van der Waals surface area contributed by atoms with Crippen molar-refractivity contribution in [3.05, 3.63) is 59.9 Å². The Kier molecular flexibility index (Phi) is 5.30. The number of carbonyl (C=O) groups is 1. The van der Waals surface area contributed by atoms with Gasteiger partial charge < -0.3 is 19.9 Å². The van der Waals surface area contributed by atoms with Gasteiger partial charge in [-0.05, 0) is 44.0 Å². The molecule has 28 heavy (non-hydrogen) atoms. The lowest BCUT2D eigenvalue weighted by atomic mass is 10.1. The molecule has 6 heteroatoms. The van der Waals surface area contributed by atoms with Crippen LogP contribution in [0.2, 0.25) is 0 Å². The number of morpholine rings is 1. The van der Waals surface area contributed by atoms with Crippen molar-refractivity contribution >= 4 is 22.6 Å². The molecule has 1 aromatic carbocycles. The van der Waals surface area contributed by atoms with Crippen molar-refractivity contribution in [3.63, 3.8) is 0 Å². The second-order valence-corrected chi connectivity index (χ2v) is 7.43. The molecule has 3 heterocycles. The van der Waals surface area contributed by atoms with E-state index in [9.17, 15) is 4.79 Å². The molecule has 0 spiro atoms. The third-order valence-corrected chi connectivity index (χ3v) is 5.11. The number of pyridine rings is 1. The summed E-state index contributed by atoms with van der Waals surface area (Å²) in [5, 5.41) is 4.19. The first kappa shape index (κ1) is 18.5. The van der Waals surface area contributed by atoms with E-state index in [4.69, 9.17) is 4.74 Å². The number of nitrogens with one attached hydrogen (secondary N) is 2. The molecule has 0 aliphatic carbocycles. The molecule has 1 aliphatic heterocycles. The Morgan fingerprint density at radius 3 is 2.75 bits per heavy atom. The van der Waals surface area contributed by atoms with Crippen LogP contribution in [0.3, 0.4) is 0 Å². The normalized spacial score (nSPS) is 19.7. The first-order valence-corrected chi connectivity index (χ1v) is 9.80. The number of H-pyrrole nitrogens is 1. The Labute approximate surface area is 164 Å². The molecule has 1 aliphatic rings. The van der Waals surface area contributed by atoms with E-state index >= 15 is 0 Å². The zero-order chi connectivity index (χ0) is 19.5. The number of hydrogen-bond donors (Lipinski definition) is 2. The van der Waals surface area contributed by atoms with E-state index in [0.29, 0.717) is 12.1 Å². The Bertz CT molecular complexity index is 941. The van der Waals surface area contributed by atoms with Gasteiger partial charge in [0.25, 0.3) is 5.91 Å². The number of fused-ring (bicyclic) bond motifs is 1. The molecule has 0 unspecified atom stereocenters. The summed E-state index contributed by atoms with van der Waals surface area (Å²) < 4.78 is 5.77. The van der Waals surface area contributed by atoms with Crippen molar-refractivity contribution in [2.75, 3.05) is 24.5 Å². The van der Waals surface area contributed by atoms with Crippen LogP contribution in [-0.4, -0.2) is 47.7 Å². The standard InChI is InChI=1S/C22H26N4O2/c1-15-13-26(14-16(2)28-15)21-8-7-18(12-25-21)22(27)23-10-9-17-11-24-20-6-4-3-5-19(17)20/h3-8,11-12,15-16,24H,9-10,13-14H2,1-2H3,(H,23,27)/t15-,16+. The highest BCUT2D eigenvalue weighted by atomic mass is 16.5. The van der Waals surface area contributed by atoms with Gasteiger partial charge in [0.15, 0.2) is 0 Å². The number of carbonyl (C=O) groups excluding carboxylic acids is 1. The molecule has 1 fully saturated rings. The fraction of sp³-hybridized carbons (Fsp3) is 0.364. The molecule has 4 rings (SSSR count). The molecule has 2 atom stereocenters. The van der Waals surface area contributed by atoms with E-state index in [1.165, 1.54) is 10.9 Å². The van der Waals surface area contributed by atoms with Gasteiger partial charge in [-0.3, -0.25) is 4.79 Å². The molecule has 0 saturated carbocycles. The second kappa shape index (κ2) is 8.02. The Morgan fingerprint density at radius 1 is 1.21 bits per heavy atom. The quantitative estimate of drug-likeness (QED) is 0.716. The third kappa shape index (κ3) is 4.02. The van der Waals surface area contributed by atoms with E-state index in [-0.39, 0.29) is 18.1 Å². The Hall–Kier alpha value is -2.86. The lowest BCUT2D eigenvalue weighted by molar-refractivity contribution is -0.00546. The maximum absolute atomic E-state index is 12.4. The number of benzene rings is 1. The zero-order valence-corrected chi connectivity index (χ0v) is 16.3. The fourth-order valence-electron chi connectivity index (χ4n) is 3.82. The molecule has 0 bridgehead atoms. The SMILES string of the molecule is C[C@@H]1CN(c2ccc(C(=O)NCCc3c[nH]c4ccccc34)cn2)C[C@H](C)O1. The topological polar surface area (TPSA) is 70.2 Å². The van der Waals surface area contributed by atoms with E-state index in [1.54, 1.807) is 6.20 Å². The van der Waals surface area contributed by atoms with Crippen molar-refractivity contribution in [1.29, 1.82) is 0 Å². The van der Waals surface area contributed by atoms with Crippen LogP contribution in [0.25, 0.3) is 10.9 Å². The van der Waals surface area contributed by atoms with E-state index < -0.39 is 0 Å². The highest BCUT2D eigenvalue weighted by molar-refractivity contribution is 5.94. The molecule has 0 radical (unpaired) electrons.